The van der Waals surface area contributed by atoms with Crippen LogP contribution >= 0.6 is 0 Å². The summed E-state index contributed by atoms with van der Waals surface area (Å²) in [7, 11) is 1.51. The topological polar surface area (TPSA) is 98.7 Å². The lowest BCUT2D eigenvalue weighted by Gasteiger charge is -2.20. The molecule has 8 heteroatoms. The number of carbonyl (C=O) groups is 3. The molecule has 7 nitrogen and oxygen atoms in total. The number of hydrogen-bond donors (Lipinski definition) is 3. The molecule has 0 aliphatic rings. The average Bonchev–Trinajstić information content (AvgIpc) is 2.53. The largest absolute Gasteiger partial charge is 0.481 e. The lowest BCUT2D eigenvalue weighted by Crippen LogP contribution is -2.41. The molecule has 1 unspecified atom stereocenters. The third-order valence-electron chi connectivity index (χ3n) is 3.32. The van der Waals surface area contributed by atoms with E-state index in [4.69, 9.17) is 5.11 Å². The van der Waals surface area contributed by atoms with E-state index in [-0.39, 0.29) is 24.0 Å². The zero-order chi connectivity index (χ0) is 18.1. The Labute approximate surface area is 139 Å². The van der Waals surface area contributed by atoms with Crippen LogP contribution in [-0.4, -0.2) is 54.6 Å². The summed E-state index contributed by atoms with van der Waals surface area (Å²) in [6, 6.07) is 5.00. The number of aliphatic carboxylic acids is 1. The van der Waals surface area contributed by atoms with Gasteiger partial charge in [0.25, 0.3) is 5.91 Å². The molecule has 0 spiro atoms. The molecule has 0 bridgehead atoms. The quantitative estimate of drug-likeness (QED) is 0.622. The van der Waals surface area contributed by atoms with Gasteiger partial charge in [-0.05, 0) is 24.6 Å². The molecule has 1 atom stereocenters. The Bertz CT molecular complexity index is 594. The second-order valence-corrected chi connectivity index (χ2v) is 5.47. The minimum Gasteiger partial charge on any atom is -0.481 e. The van der Waals surface area contributed by atoms with Gasteiger partial charge in [-0.15, -0.1) is 0 Å². The number of carboxylic acids is 1. The van der Waals surface area contributed by atoms with E-state index in [0.29, 0.717) is 19.5 Å². The normalized spacial score (nSPS) is 11.5. The molecule has 0 heterocycles. The Balaban J connectivity index is 2.22. The number of rotatable bonds is 8. The minimum atomic E-state index is -0.963. The summed E-state index contributed by atoms with van der Waals surface area (Å²) < 4.78 is 13.0. The van der Waals surface area contributed by atoms with Crippen LogP contribution in [0.1, 0.15) is 23.7 Å². The van der Waals surface area contributed by atoms with Crippen molar-refractivity contribution in [1.82, 2.24) is 15.5 Å². The van der Waals surface area contributed by atoms with Crippen LogP contribution in [0.25, 0.3) is 0 Å². The third-order valence-corrected chi connectivity index (χ3v) is 3.32. The fraction of sp³-hybridized carbons (Fsp3) is 0.438. The monoisotopic (exact) mass is 339 g/mol. The molecule has 0 radical (unpaired) electrons. The predicted molar refractivity (Wildman–Crippen MR) is 86.2 cm³/mol. The molecule has 3 amide bonds. The molecule has 1 aromatic carbocycles. The Kier molecular flexibility index (Phi) is 7.67. The summed E-state index contributed by atoms with van der Waals surface area (Å²) in [5.41, 5.74) is 0.237. The van der Waals surface area contributed by atoms with Crippen molar-refractivity contribution in [2.45, 2.75) is 13.3 Å². The number of nitrogens with one attached hydrogen (secondary N) is 2. The van der Waals surface area contributed by atoms with Crippen molar-refractivity contribution in [1.29, 1.82) is 0 Å². The van der Waals surface area contributed by atoms with Gasteiger partial charge < -0.3 is 20.6 Å². The van der Waals surface area contributed by atoms with Crippen LogP contribution in [0.4, 0.5) is 9.18 Å². The number of amides is 3. The average molecular weight is 339 g/mol. The molecule has 1 aromatic rings. The first-order chi connectivity index (χ1) is 11.3. The summed E-state index contributed by atoms with van der Waals surface area (Å²) in [5.74, 6) is -2.47. The Hall–Kier alpha value is -2.64. The molecule has 0 aliphatic heterocycles. The molecule has 1 rings (SSSR count). The highest BCUT2D eigenvalue weighted by atomic mass is 19.1. The highest BCUT2D eigenvalue weighted by Gasteiger charge is 2.16. The van der Waals surface area contributed by atoms with Crippen molar-refractivity contribution in [3.8, 4) is 0 Å². The fourth-order valence-electron chi connectivity index (χ4n) is 1.92. The number of urea groups is 1. The van der Waals surface area contributed by atoms with Gasteiger partial charge in [0, 0.05) is 32.2 Å². The minimum absolute atomic E-state index is 0.109. The summed E-state index contributed by atoms with van der Waals surface area (Å²) in [4.78, 5) is 35.5. The van der Waals surface area contributed by atoms with E-state index in [1.165, 1.54) is 37.1 Å². The second-order valence-electron chi connectivity index (χ2n) is 5.47. The van der Waals surface area contributed by atoms with Crippen molar-refractivity contribution < 1.29 is 23.9 Å². The van der Waals surface area contributed by atoms with Gasteiger partial charge in [0.05, 0.1) is 5.92 Å². The number of benzene rings is 1. The Morgan fingerprint density at radius 3 is 2.54 bits per heavy atom. The summed E-state index contributed by atoms with van der Waals surface area (Å²) in [6.07, 6.45) is 0.495. The van der Waals surface area contributed by atoms with E-state index in [1.807, 2.05) is 0 Å². The summed E-state index contributed by atoms with van der Waals surface area (Å²) in [5, 5.41) is 14.1. The van der Waals surface area contributed by atoms with Crippen LogP contribution in [-0.2, 0) is 4.79 Å². The fourth-order valence-corrected chi connectivity index (χ4v) is 1.92. The van der Waals surface area contributed by atoms with E-state index in [0.717, 1.165) is 6.07 Å². The molecular formula is C16H22FN3O4. The van der Waals surface area contributed by atoms with Gasteiger partial charge in [0.1, 0.15) is 5.82 Å². The Morgan fingerprint density at radius 1 is 1.25 bits per heavy atom. The van der Waals surface area contributed by atoms with Crippen molar-refractivity contribution in [3.63, 3.8) is 0 Å². The number of halogens is 1. The highest BCUT2D eigenvalue weighted by molar-refractivity contribution is 5.94. The lowest BCUT2D eigenvalue weighted by atomic mass is 10.2. The van der Waals surface area contributed by atoms with Crippen molar-refractivity contribution in [2.75, 3.05) is 26.7 Å². The summed E-state index contributed by atoms with van der Waals surface area (Å²) in [6.45, 7) is 2.28. The first-order valence-corrected chi connectivity index (χ1v) is 7.56. The van der Waals surface area contributed by atoms with Gasteiger partial charge in [-0.2, -0.15) is 0 Å². The lowest BCUT2D eigenvalue weighted by molar-refractivity contribution is -0.141. The predicted octanol–water partition coefficient (Wildman–Crippen LogP) is 1.31. The first-order valence-electron chi connectivity index (χ1n) is 7.56. The van der Waals surface area contributed by atoms with E-state index in [1.54, 1.807) is 0 Å². The van der Waals surface area contributed by atoms with Crippen LogP contribution < -0.4 is 10.6 Å². The maximum absolute atomic E-state index is 13.0. The molecule has 0 saturated carbocycles. The maximum atomic E-state index is 13.0. The molecule has 0 fully saturated rings. The number of hydrogen-bond acceptors (Lipinski definition) is 3. The van der Waals surface area contributed by atoms with Gasteiger partial charge in [0.15, 0.2) is 0 Å². The van der Waals surface area contributed by atoms with E-state index >= 15 is 0 Å². The van der Waals surface area contributed by atoms with E-state index in [9.17, 15) is 18.8 Å². The smallest absolute Gasteiger partial charge is 0.317 e. The molecule has 3 N–H and O–H groups in total. The molecule has 24 heavy (non-hydrogen) atoms. The highest BCUT2D eigenvalue weighted by Crippen LogP contribution is 2.03. The number of carboxylic acid groups (broad SMARTS) is 1. The first kappa shape index (κ1) is 19.4. The zero-order valence-corrected chi connectivity index (χ0v) is 13.7. The van der Waals surface area contributed by atoms with Crippen molar-refractivity contribution >= 4 is 17.9 Å². The number of carbonyl (C=O) groups excluding carboxylic acids is 2. The van der Waals surface area contributed by atoms with Gasteiger partial charge in [-0.3, -0.25) is 9.59 Å². The number of nitrogens with zero attached hydrogens (tertiary/aromatic N) is 1. The van der Waals surface area contributed by atoms with Crippen LogP contribution in [0.5, 0.6) is 0 Å². The zero-order valence-electron chi connectivity index (χ0n) is 13.7. The van der Waals surface area contributed by atoms with Crippen LogP contribution in [0.3, 0.4) is 0 Å². The molecule has 132 valence electrons. The Morgan fingerprint density at radius 2 is 1.92 bits per heavy atom. The van der Waals surface area contributed by atoms with Gasteiger partial charge >= 0.3 is 12.0 Å². The van der Waals surface area contributed by atoms with E-state index < -0.39 is 17.7 Å². The third kappa shape index (κ3) is 6.64. The van der Waals surface area contributed by atoms with Crippen LogP contribution in [0.15, 0.2) is 24.3 Å². The molecular weight excluding hydrogens is 317 g/mol. The summed E-state index contributed by atoms with van der Waals surface area (Å²) >= 11 is 0. The van der Waals surface area contributed by atoms with Gasteiger partial charge in [-0.25, -0.2) is 9.18 Å². The maximum Gasteiger partial charge on any atom is 0.317 e. The second kappa shape index (κ2) is 9.49. The van der Waals surface area contributed by atoms with Crippen LogP contribution in [0.2, 0.25) is 0 Å². The van der Waals surface area contributed by atoms with E-state index in [2.05, 4.69) is 10.6 Å². The SMILES string of the molecule is CC(CN(C)C(=O)NCCCNC(=O)c1cccc(F)c1)C(=O)O. The van der Waals surface area contributed by atoms with Crippen LogP contribution in [0, 0.1) is 11.7 Å². The van der Waals surface area contributed by atoms with Gasteiger partial charge in [0.2, 0.25) is 0 Å². The van der Waals surface area contributed by atoms with Crippen molar-refractivity contribution in [2.24, 2.45) is 5.92 Å². The van der Waals surface area contributed by atoms with Crippen molar-refractivity contribution in [3.05, 3.63) is 35.6 Å². The molecule has 0 saturated heterocycles. The molecule has 0 aliphatic carbocycles. The standard InChI is InChI=1S/C16H22FN3O4/c1-11(15(22)23)10-20(2)16(24)19-8-4-7-18-14(21)12-5-3-6-13(17)9-12/h3,5-6,9,11H,4,7-8,10H2,1-2H3,(H,18,21)(H,19,24)(H,22,23). The van der Waals surface area contributed by atoms with Gasteiger partial charge in [-0.1, -0.05) is 13.0 Å². The molecule has 0 aromatic heterocycles.